The predicted octanol–water partition coefficient (Wildman–Crippen LogP) is 3.56. The molecule has 1 atom stereocenters. The Balaban J connectivity index is 0.00000225. The van der Waals surface area contributed by atoms with E-state index in [0.717, 1.165) is 41.5 Å². The number of pyridine rings is 1. The number of hydrogen-bond acceptors (Lipinski definition) is 4. The molecule has 7 heteroatoms. The SMILES string of the molecule is Cl.O=C(CSCc1cccc(Cl)c1)N1CCNCC1c1cccnc1. The van der Waals surface area contributed by atoms with Crippen molar-refractivity contribution in [1.82, 2.24) is 15.2 Å². The second-order valence-corrected chi connectivity index (χ2v) is 7.14. The summed E-state index contributed by atoms with van der Waals surface area (Å²) in [6, 6.07) is 11.8. The monoisotopic (exact) mass is 397 g/mol. The number of rotatable bonds is 5. The molecule has 1 fully saturated rings. The summed E-state index contributed by atoms with van der Waals surface area (Å²) in [6.45, 7) is 2.34. The molecular weight excluding hydrogens is 377 g/mol. The standard InChI is InChI=1S/C18H20ClN3OS.ClH/c19-16-5-1-3-14(9-16)12-24-13-18(23)22-8-7-21-11-17(22)15-4-2-6-20-10-15;/h1-6,9-10,17,21H,7-8,11-13H2;1H. The van der Waals surface area contributed by atoms with Crippen LogP contribution in [0.3, 0.4) is 0 Å². The van der Waals surface area contributed by atoms with Crippen LogP contribution in [0.4, 0.5) is 0 Å². The molecule has 3 rings (SSSR count). The van der Waals surface area contributed by atoms with Gasteiger partial charge < -0.3 is 10.2 Å². The van der Waals surface area contributed by atoms with Crippen LogP contribution in [0.25, 0.3) is 0 Å². The van der Waals surface area contributed by atoms with Gasteiger partial charge in [-0.05, 0) is 29.3 Å². The van der Waals surface area contributed by atoms with Crippen molar-refractivity contribution in [3.05, 3.63) is 64.9 Å². The molecule has 1 saturated heterocycles. The number of piperazine rings is 1. The van der Waals surface area contributed by atoms with Gasteiger partial charge in [0.2, 0.25) is 5.91 Å². The molecule has 0 spiro atoms. The summed E-state index contributed by atoms with van der Waals surface area (Å²) in [4.78, 5) is 18.8. The molecule has 1 unspecified atom stereocenters. The molecular formula is C18H21Cl2N3OS. The van der Waals surface area contributed by atoms with Crippen molar-refractivity contribution in [3.8, 4) is 0 Å². The van der Waals surface area contributed by atoms with E-state index >= 15 is 0 Å². The lowest BCUT2D eigenvalue weighted by Crippen LogP contribution is -2.49. The number of thioether (sulfide) groups is 1. The zero-order chi connectivity index (χ0) is 16.8. The third-order valence-corrected chi connectivity index (χ3v) is 5.24. The third kappa shape index (κ3) is 5.61. The van der Waals surface area contributed by atoms with Crippen molar-refractivity contribution in [2.45, 2.75) is 11.8 Å². The molecule has 0 bridgehead atoms. The fourth-order valence-corrected chi connectivity index (χ4v) is 3.91. The third-order valence-electron chi connectivity index (χ3n) is 4.02. The van der Waals surface area contributed by atoms with Gasteiger partial charge in [-0.2, -0.15) is 0 Å². The van der Waals surface area contributed by atoms with Crippen LogP contribution in [-0.2, 0) is 10.5 Å². The van der Waals surface area contributed by atoms with Gasteiger partial charge in [-0.15, -0.1) is 24.2 Å². The normalized spacial score (nSPS) is 17.0. The first kappa shape index (κ1) is 20.0. The van der Waals surface area contributed by atoms with E-state index in [4.69, 9.17) is 11.6 Å². The first-order valence-electron chi connectivity index (χ1n) is 7.96. The van der Waals surface area contributed by atoms with Crippen LogP contribution in [0.15, 0.2) is 48.8 Å². The lowest BCUT2D eigenvalue weighted by molar-refractivity contribution is -0.131. The Hall–Kier alpha value is -1.27. The number of halogens is 2. The molecule has 2 aromatic rings. The fourth-order valence-electron chi connectivity index (χ4n) is 2.84. The average molecular weight is 398 g/mol. The molecule has 1 aromatic carbocycles. The van der Waals surface area contributed by atoms with Crippen LogP contribution in [-0.4, -0.2) is 41.2 Å². The van der Waals surface area contributed by atoms with Crippen molar-refractivity contribution in [2.75, 3.05) is 25.4 Å². The summed E-state index contributed by atoms with van der Waals surface area (Å²) in [7, 11) is 0. The van der Waals surface area contributed by atoms with Crippen LogP contribution in [0.2, 0.25) is 5.02 Å². The van der Waals surface area contributed by atoms with Crippen molar-refractivity contribution in [2.24, 2.45) is 0 Å². The molecule has 0 aliphatic carbocycles. The first-order valence-corrected chi connectivity index (χ1v) is 9.49. The summed E-state index contributed by atoms with van der Waals surface area (Å²) in [6.07, 6.45) is 3.60. The Labute approximate surface area is 163 Å². The molecule has 1 aliphatic heterocycles. The Kier molecular flexibility index (Phi) is 8.03. The van der Waals surface area contributed by atoms with E-state index in [1.807, 2.05) is 47.5 Å². The van der Waals surface area contributed by atoms with Gasteiger partial charge in [-0.1, -0.05) is 29.8 Å². The van der Waals surface area contributed by atoms with E-state index in [9.17, 15) is 4.79 Å². The van der Waals surface area contributed by atoms with Gasteiger partial charge in [-0.25, -0.2) is 0 Å². The Morgan fingerprint density at radius 1 is 1.36 bits per heavy atom. The largest absolute Gasteiger partial charge is 0.332 e. The van der Waals surface area contributed by atoms with Crippen LogP contribution >= 0.6 is 35.8 Å². The van der Waals surface area contributed by atoms with Gasteiger partial charge >= 0.3 is 0 Å². The van der Waals surface area contributed by atoms with Crippen LogP contribution in [0, 0.1) is 0 Å². The summed E-state index contributed by atoms with van der Waals surface area (Å²) >= 11 is 7.63. The summed E-state index contributed by atoms with van der Waals surface area (Å²) in [5.74, 6) is 1.44. The number of benzene rings is 1. The Morgan fingerprint density at radius 3 is 3.00 bits per heavy atom. The van der Waals surface area contributed by atoms with Crippen molar-refractivity contribution in [3.63, 3.8) is 0 Å². The van der Waals surface area contributed by atoms with Gasteiger partial charge in [0.1, 0.15) is 0 Å². The number of carbonyl (C=O) groups excluding carboxylic acids is 1. The summed E-state index contributed by atoms with van der Waals surface area (Å²) in [5, 5.41) is 4.10. The molecule has 2 heterocycles. The van der Waals surface area contributed by atoms with Gasteiger partial charge in [0.25, 0.3) is 0 Å². The van der Waals surface area contributed by atoms with E-state index in [1.54, 1.807) is 18.0 Å². The van der Waals surface area contributed by atoms with E-state index in [2.05, 4.69) is 10.3 Å². The zero-order valence-electron chi connectivity index (χ0n) is 13.7. The number of amides is 1. The minimum Gasteiger partial charge on any atom is -0.332 e. The molecule has 134 valence electrons. The Bertz CT molecular complexity index is 687. The number of nitrogens with one attached hydrogen (secondary N) is 1. The highest BCUT2D eigenvalue weighted by Crippen LogP contribution is 2.23. The summed E-state index contributed by atoms with van der Waals surface area (Å²) in [5.41, 5.74) is 2.22. The summed E-state index contributed by atoms with van der Waals surface area (Å²) < 4.78 is 0. The second kappa shape index (κ2) is 10.0. The highest BCUT2D eigenvalue weighted by molar-refractivity contribution is 7.99. The van der Waals surface area contributed by atoms with E-state index in [-0.39, 0.29) is 24.4 Å². The number of hydrogen-bond donors (Lipinski definition) is 1. The second-order valence-electron chi connectivity index (χ2n) is 5.72. The molecule has 0 saturated carbocycles. The van der Waals surface area contributed by atoms with Gasteiger partial charge in [0, 0.05) is 42.8 Å². The van der Waals surface area contributed by atoms with Gasteiger partial charge in [0.15, 0.2) is 0 Å². The van der Waals surface area contributed by atoms with E-state index in [1.165, 1.54) is 0 Å². The van der Waals surface area contributed by atoms with Crippen LogP contribution in [0.1, 0.15) is 17.2 Å². The average Bonchev–Trinajstić information content (AvgIpc) is 2.62. The molecule has 1 aromatic heterocycles. The van der Waals surface area contributed by atoms with Crippen molar-refractivity contribution in [1.29, 1.82) is 0 Å². The lowest BCUT2D eigenvalue weighted by atomic mass is 10.1. The van der Waals surface area contributed by atoms with Gasteiger partial charge in [-0.3, -0.25) is 9.78 Å². The molecule has 4 nitrogen and oxygen atoms in total. The maximum Gasteiger partial charge on any atom is 0.233 e. The molecule has 1 amide bonds. The highest BCUT2D eigenvalue weighted by atomic mass is 35.5. The molecule has 1 aliphatic rings. The minimum absolute atomic E-state index is 0. The van der Waals surface area contributed by atoms with Crippen LogP contribution in [0.5, 0.6) is 0 Å². The van der Waals surface area contributed by atoms with Crippen molar-refractivity contribution < 1.29 is 4.79 Å². The van der Waals surface area contributed by atoms with E-state index in [0.29, 0.717) is 5.75 Å². The number of aromatic nitrogens is 1. The molecule has 25 heavy (non-hydrogen) atoms. The van der Waals surface area contributed by atoms with Crippen molar-refractivity contribution >= 4 is 41.7 Å². The quantitative estimate of drug-likeness (QED) is 0.837. The maximum absolute atomic E-state index is 12.7. The van der Waals surface area contributed by atoms with Gasteiger partial charge in [0.05, 0.1) is 11.8 Å². The van der Waals surface area contributed by atoms with Crippen LogP contribution < -0.4 is 5.32 Å². The predicted molar refractivity (Wildman–Crippen MR) is 106 cm³/mol. The highest BCUT2D eigenvalue weighted by Gasteiger charge is 2.27. The topological polar surface area (TPSA) is 45.2 Å². The smallest absolute Gasteiger partial charge is 0.233 e. The minimum atomic E-state index is 0. The molecule has 1 N–H and O–H groups in total. The lowest BCUT2D eigenvalue weighted by Gasteiger charge is -2.36. The zero-order valence-corrected chi connectivity index (χ0v) is 16.1. The Morgan fingerprint density at radius 2 is 2.24 bits per heavy atom. The maximum atomic E-state index is 12.7. The molecule has 0 radical (unpaired) electrons. The number of nitrogens with zero attached hydrogens (tertiary/aromatic N) is 2. The first-order chi connectivity index (χ1) is 11.7. The number of carbonyl (C=O) groups is 1. The van der Waals surface area contributed by atoms with E-state index < -0.39 is 0 Å². The fraction of sp³-hybridized carbons (Fsp3) is 0.333.